The van der Waals surface area contributed by atoms with Crippen molar-refractivity contribution in [1.82, 2.24) is 14.9 Å². The maximum atomic E-state index is 11.4. The van der Waals surface area contributed by atoms with E-state index in [0.29, 0.717) is 19.6 Å². The molecular formula is C10H23N3O3S. The molecule has 2 amide bonds. The van der Waals surface area contributed by atoms with Gasteiger partial charge in [-0.3, -0.25) is 0 Å². The quantitative estimate of drug-likeness (QED) is 0.698. The summed E-state index contributed by atoms with van der Waals surface area (Å²) in [5.74, 6) is 0. The highest BCUT2D eigenvalue weighted by atomic mass is 32.2. The van der Waals surface area contributed by atoms with E-state index < -0.39 is 10.0 Å². The molecule has 7 heteroatoms. The number of sulfonamides is 1. The number of hydrogen-bond donors (Lipinski definition) is 2. The second-order valence-corrected chi connectivity index (χ2v) is 6.20. The van der Waals surface area contributed by atoms with Crippen molar-refractivity contribution in [2.24, 2.45) is 0 Å². The van der Waals surface area contributed by atoms with Crippen molar-refractivity contribution in [3.63, 3.8) is 0 Å². The number of nitrogens with zero attached hydrogens (tertiary/aromatic N) is 1. The van der Waals surface area contributed by atoms with Gasteiger partial charge in [0, 0.05) is 25.7 Å². The molecule has 17 heavy (non-hydrogen) atoms. The summed E-state index contributed by atoms with van der Waals surface area (Å²) in [6, 6.07) is -0.207. The fraction of sp³-hybridized carbons (Fsp3) is 0.900. The van der Waals surface area contributed by atoms with Crippen LogP contribution in [0.25, 0.3) is 0 Å². The number of carbonyl (C=O) groups excluding carboxylic acids is 1. The largest absolute Gasteiger partial charge is 0.337 e. The zero-order chi connectivity index (χ0) is 13.5. The van der Waals surface area contributed by atoms with E-state index in [0.717, 1.165) is 6.42 Å². The van der Waals surface area contributed by atoms with Gasteiger partial charge in [0.1, 0.15) is 0 Å². The van der Waals surface area contributed by atoms with Crippen LogP contribution in [0.4, 0.5) is 4.79 Å². The highest BCUT2D eigenvalue weighted by Crippen LogP contribution is 1.98. The van der Waals surface area contributed by atoms with Crippen molar-refractivity contribution in [2.45, 2.75) is 33.2 Å². The first kappa shape index (κ1) is 16.2. The Morgan fingerprint density at radius 1 is 1.29 bits per heavy atom. The minimum atomic E-state index is -3.19. The fourth-order valence-corrected chi connectivity index (χ4v) is 2.24. The molecule has 0 radical (unpaired) electrons. The van der Waals surface area contributed by atoms with E-state index in [2.05, 4.69) is 10.6 Å². The summed E-state index contributed by atoms with van der Waals surface area (Å²) < 4.78 is 24.1. The van der Waals surface area contributed by atoms with Crippen LogP contribution in [0.2, 0.25) is 0 Å². The summed E-state index contributed by atoms with van der Waals surface area (Å²) >= 11 is 0. The lowest BCUT2D eigenvalue weighted by Crippen LogP contribution is -2.43. The van der Waals surface area contributed by atoms with Crippen LogP contribution in [0.5, 0.6) is 0 Å². The van der Waals surface area contributed by atoms with Crippen LogP contribution in [0.15, 0.2) is 0 Å². The molecule has 0 aromatic carbocycles. The summed E-state index contributed by atoms with van der Waals surface area (Å²) in [6.07, 6.45) is 1.93. The Labute approximate surface area is 104 Å². The molecule has 0 heterocycles. The van der Waals surface area contributed by atoms with E-state index >= 15 is 0 Å². The van der Waals surface area contributed by atoms with Crippen LogP contribution in [0, 0.1) is 0 Å². The smallest absolute Gasteiger partial charge is 0.315 e. The average molecular weight is 265 g/mol. The molecule has 0 atom stereocenters. The standard InChI is InChI=1S/C10H23N3O3S/c1-5-7-13(17(4,15)16)8-6-11-10(14)12-9(2)3/h9H,5-8H2,1-4H3,(H2,11,12,14). The minimum Gasteiger partial charge on any atom is -0.337 e. The Kier molecular flexibility index (Phi) is 7.13. The molecule has 0 aliphatic carbocycles. The zero-order valence-electron chi connectivity index (χ0n) is 11.0. The van der Waals surface area contributed by atoms with Gasteiger partial charge in [0.25, 0.3) is 0 Å². The highest BCUT2D eigenvalue weighted by Gasteiger charge is 2.15. The highest BCUT2D eigenvalue weighted by molar-refractivity contribution is 7.88. The van der Waals surface area contributed by atoms with Crippen molar-refractivity contribution in [3.05, 3.63) is 0 Å². The summed E-state index contributed by atoms with van der Waals surface area (Å²) in [7, 11) is -3.19. The van der Waals surface area contributed by atoms with E-state index in [9.17, 15) is 13.2 Å². The maximum absolute atomic E-state index is 11.4. The molecule has 0 fully saturated rings. The summed E-state index contributed by atoms with van der Waals surface area (Å²) in [6.45, 7) is 6.73. The van der Waals surface area contributed by atoms with E-state index in [4.69, 9.17) is 0 Å². The number of rotatable bonds is 7. The van der Waals surface area contributed by atoms with E-state index in [1.807, 2.05) is 20.8 Å². The van der Waals surface area contributed by atoms with Crippen molar-refractivity contribution < 1.29 is 13.2 Å². The third kappa shape index (κ3) is 7.98. The van der Waals surface area contributed by atoms with Gasteiger partial charge in [0.2, 0.25) is 10.0 Å². The molecule has 0 aromatic rings. The van der Waals surface area contributed by atoms with Crippen LogP contribution in [0.3, 0.4) is 0 Å². The van der Waals surface area contributed by atoms with Gasteiger partial charge in [0.05, 0.1) is 6.26 Å². The van der Waals surface area contributed by atoms with Crippen molar-refractivity contribution in [1.29, 1.82) is 0 Å². The van der Waals surface area contributed by atoms with Crippen molar-refractivity contribution in [3.8, 4) is 0 Å². The Morgan fingerprint density at radius 3 is 2.29 bits per heavy atom. The van der Waals surface area contributed by atoms with Gasteiger partial charge in [0.15, 0.2) is 0 Å². The fourth-order valence-electron chi connectivity index (χ4n) is 1.30. The molecule has 0 aliphatic rings. The monoisotopic (exact) mass is 265 g/mol. The van der Waals surface area contributed by atoms with E-state index in [-0.39, 0.29) is 12.1 Å². The van der Waals surface area contributed by atoms with Gasteiger partial charge in [-0.15, -0.1) is 0 Å². The van der Waals surface area contributed by atoms with Crippen molar-refractivity contribution in [2.75, 3.05) is 25.9 Å². The van der Waals surface area contributed by atoms with Crippen LogP contribution in [-0.2, 0) is 10.0 Å². The number of nitrogens with one attached hydrogen (secondary N) is 2. The molecule has 2 N–H and O–H groups in total. The number of amides is 2. The first-order valence-corrected chi connectivity index (χ1v) is 7.61. The molecule has 102 valence electrons. The third-order valence-corrected chi connectivity index (χ3v) is 3.31. The van der Waals surface area contributed by atoms with Crippen LogP contribution < -0.4 is 10.6 Å². The van der Waals surface area contributed by atoms with Gasteiger partial charge < -0.3 is 10.6 Å². The van der Waals surface area contributed by atoms with Gasteiger partial charge in [-0.05, 0) is 20.3 Å². The predicted octanol–water partition coefficient (Wildman–Crippen LogP) is 0.366. The van der Waals surface area contributed by atoms with E-state index in [1.54, 1.807) is 0 Å². The lowest BCUT2D eigenvalue weighted by molar-refractivity contribution is 0.237. The van der Waals surface area contributed by atoms with Crippen LogP contribution in [-0.4, -0.2) is 50.7 Å². The predicted molar refractivity (Wildman–Crippen MR) is 68.4 cm³/mol. The second kappa shape index (κ2) is 7.50. The number of urea groups is 1. The minimum absolute atomic E-state index is 0.0663. The normalized spacial score (nSPS) is 11.9. The first-order chi connectivity index (χ1) is 7.77. The maximum Gasteiger partial charge on any atom is 0.315 e. The Balaban J connectivity index is 4.03. The summed E-state index contributed by atoms with van der Waals surface area (Å²) in [5, 5.41) is 5.29. The molecule has 0 aliphatic heterocycles. The van der Waals surface area contributed by atoms with Crippen LogP contribution in [0.1, 0.15) is 27.2 Å². The molecular weight excluding hydrogens is 242 g/mol. The molecule has 0 aromatic heterocycles. The third-order valence-electron chi connectivity index (χ3n) is 2.01. The first-order valence-electron chi connectivity index (χ1n) is 5.76. The Hall–Kier alpha value is -0.820. The van der Waals surface area contributed by atoms with Crippen molar-refractivity contribution >= 4 is 16.1 Å². The Morgan fingerprint density at radius 2 is 1.88 bits per heavy atom. The number of carbonyl (C=O) groups is 1. The molecule has 0 rings (SSSR count). The topological polar surface area (TPSA) is 78.5 Å². The SMILES string of the molecule is CCCN(CCNC(=O)NC(C)C)S(C)(=O)=O. The van der Waals surface area contributed by atoms with Gasteiger partial charge in [-0.1, -0.05) is 6.92 Å². The van der Waals surface area contributed by atoms with Gasteiger partial charge in [-0.25, -0.2) is 17.5 Å². The number of hydrogen-bond acceptors (Lipinski definition) is 3. The zero-order valence-corrected chi connectivity index (χ0v) is 11.8. The Bertz CT molecular complexity index is 328. The molecule has 6 nitrogen and oxygen atoms in total. The molecule has 0 saturated carbocycles. The lowest BCUT2D eigenvalue weighted by atomic mass is 10.4. The lowest BCUT2D eigenvalue weighted by Gasteiger charge is -2.19. The molecule has 0 unspecified atom stereocenters. The summed E-state index contributed by atoms with van der Waals surface area (Å²) in [4.78, 5) is 11.3. The second-order valence-electron chi connectivity index (χ2n) is 4.22. The van der Waals surface area contributed by atoms with Gasteiger partial charge in [-0.2, -0.15) is 0 Å². The molecule has 0 spiro atoms. The van der Waals surface area contributed by atoms with Crippen LogP contribution >= 0.6 is 0 Å². The average Bonchev–Trinajstić information content (AvgIpc) is 2.13. The van der Waals surface area contributed by atoms with Gasteiger partial charge >= 0.3 is 6.03 Å². The molecule has 0 saturated heterocycles. The molecule has 0 bridgehead atoms. The van der Waals surface area contributed by atoms with E-state index in [1.165, 1.54) is 10.6 Å². The summed E-state index contributed by atoms with van der Waals surface area (Å²) in [5.41, 5.74) is 0.